The Kier molecular flexibility index (Phi) is 3.80. The number of carboxylic acid groups (broad SMARTS) is 1. The third kappa shape index (κ3) is 2.59. The minimum Gasteiger partial charge on any atom is -0.478 e. The van der Waals surface area contributed by atoms with Gasteiger partial charge in [-0.3, -0.25) is 0 Å². The average Bonchev–Trinajstić information content (AvgIpc) is 2.40. The Morgan fingerprint density at radius 3 is 2.37 bits per heavy atom. The molecule has 2 rings (SSSR count). The van der Waals surface area contributed by atoms with Crippen molar-refractivity contribution in [3.8, 4) is 5.75 Å². The van der Waals surface area contributed by atoms with Crippen molar-refractivity contribution in [2.75, 3.05) is 13.2 Å². The molecule has 0 unspecified atom stereocenters. The molecule has 0 spiro atoms. The summed E-state index contributed by atoms with van der Waals surface area (Å²) in [5.41, 5.74) is 1.93. The van der Waals surface area contributed by atoms with Gasteiger partial charge >= 0.3 is 5.97 Å². The van der Waals surface area contributed by atoms with Crippen LogP contribution in [0.25, 0.3) is 0 Å². The van der Waals surface area contributed by atoms with Crippen molar-refractivity contribution in [1.82, 2.24) is 0 Å². The van der Waals surface area contributed by atoms with Crippen LogP contribution in [0.4, 0.5) is 0 Å². The highest BCUT2D eigenvalue weighted by Crippen LogP contribution is 2.33. The Balaban J connectivity index is 2.37. The van der Waals surface area contributed by atoms with Gasteiger partial charge in [-0.25, -0.2) is 4.79 Å². The smallest absolute Gasteiger partial charge is 0.348 e. The van der Waals surface area contributed by atoms with Gasteiger partial charge in [-0.05, 0) is 37.5 Å². The molecule has 1 N–H and O–H groups in total. The predicted molar refractivity (Wildman–Crippen MR) is 71.7 cm³/mol. The van der Waals surface area contributed by atoms with Gasteiger partial charge in [0, 0.05) is 12.8 Å². The first-order valence-electron chi connectivity index (χ1n) is 6.53. The summed E-state index contributed by atoms with van der Waals surface area (Å²) in [5, 5.41) is 9.52. The molecule has 1 aromatic carbocycles. The molecule has 0 amide bonds. The van der Waals surface area contributed by atoms with Crippen LogP contribution in [0.2, 0.25) is 0 Å². The van der Waals surface area contributed by atoms with E-state index < -0.39 is 11.6 Å². The fraction of sp³-hybridized carbons (Fsp3) is 0.533. The maximum atomic E-state index is 11.6. The third-order valence-electron chi connectivity index (χ3n) is 3.86. The van der Waals surface area contributed by atoms with Crippen molar-refractivity contribution in [2.45, 2.75) is 39.2 Å². The summed E-state index contributed by atoms with van der Waals surface area (Å²) in [6.45, 7) is 6.76. The molecule has 1 aromatic rings. The molecule has 1 fully saturated rings. The highest BCUT2D eigenvalue weighted by atomic mass is 16.5. The highest BCUT2D eigenvalue weighted by Gasteiger charge is 2.43. The van der Waals surface area contributed by atoms with E-state index in [1.54, 1.807) is 0 Å². The first-order valence-corrected chi connectivity index (χ1v) is 6.53. The fourth-order valence-corrected chi connectivity index (χ4v) is 2.34. The monoisotopic (exact) mass is 264 g/mol. The summed E-state index contributed by atoms with van der Waals surface area (Å²) in [4.78, 5) is 11.6. The number of ether oxygens (including phenoxy) is 2. The average molecular weight is 264 g/mol. The summed E-state index contributed by atoms with van der Waals surface area (Å²) in [5.74, 6) is -0.208. The first-order chi connectivity index (χ1) is 8.96. The lowest BCUT2D eigenvalue weighted by atomic mass is 9.93. The number of aliphatic carboxylic acids is 1. The molecule has 1 saturated heterocycles. The van der Waals surface area contributed by atoms with Gasteiger partial charge < -0.3 is 14.6 Å². The molecule has 0 saturated carbocycles. The molecule has 4 nitrogen and oxygen atoms in total. The third-order valence-corrected chi connectivity index (χ3v) is 3.86. The molecule has 0 bridgehead atoms. The molecule has 4 heteroatoms. The summed E-state index contributed by atoms with van der Waals surface area (Å²) in [6.07, 6.45) is 0.768. The van der Waals surface area contributed by atoms with E-state index in [9.17, 15) is 9.90 Å². The van der Waals surface area contributed by atoms with E-state index in [0.717, 1.165) is 16.7 Å². The molecule has 1 aliphatic heterocycles. The summed E-state index contributed by atoms with van der Waals surface area (Å²) < 4.78 is 11.2. The molecule has 1 heterocycles. The van der Waals surface area contributed by atoms with Crippen molar-refractivity contribution < 1.29 is 19.4 Å². The first kappa shape index (κ1) is 13.9. The van der Waals surface area contributed by atoms with Gasteiger partial charge in [0.1, 0.15) is 5.75 Å². The molecule has 104 valence electrons. The molecular formula is C15H20O4. The lowest BCUT2D eigenvalue weighted by Crippen LogP contribution is -2.49. The van der Waals surface area contributed by atoms with Crippen LogP contribution in [0.15, 0.2) is 12.1 Å². The molecule has 19 heavy (non-hydrogen) atoms. The Morgan fingerprint density at radius 2 is 1.79 bits per heavy atom. The highest BCUT2D eigenvalue weighted by molar-refractivity contribution is 5.78. The second-order valence-corrected chi connectivity index (χ2v) is 5.17. The molecule has 1 aliphatic rings. The van der Waals surface area contributed by atoms with Crippen molar-refractivity contribution in [3.63, 3.8) is 0 Å². The molecule has 0 aliphatic carbocycles. The van der Waals surface area contributed by atoms with Crippen LogP contribution in [0, 0.1) is 20.8 Å². The van der Waals surface area contributed by atoms with E-state index in [-0.39, 0.29) is 0 Å². The number of rotatable bonds is 3. The summed E-state index contributed by atoms with van der Waals surface area (Å²) >= 11 is 0. The largest absolute Gasteiger partial charge is 0.478 e. The topological polar surface area (TPSA) is 55.8 Å². The van der Waals surface area contributed by atoms with E-state index in [0.29, 0.717) is 31.8 Å². The zero-order valence-electron chi connectivity index (χ0n) is 11.7. The Labute approximate surface area is 113 Å². The fourth-order valence-electron chi connectivity index (χ4n) is 2.34. The lowest BCUT2D eigenvalue weighted by Gasteiger charge is -2.34. The van der Waals surface area contributed by atoms with Crippen LogP contribution in [0.1, 0.15) is 29.5 Å². The van der Waals surface area contributed by atoms with Gasteiger partial charge in [0.2, 0.25) is 5.60 Å². The Bertz CT molecular complexity index is 487. The molecule has 0 aromatic heterocycles. The van der Waals surface area contributed by atoms with E-state index in [4.69, 9.17) is 9.47 Å². The Hall–Kier alpha value is -1.55. The predicted octanol–water partition coefficient (Wildman–Crippen LogP) is 2.62. The number of hydrogen-bond donors (Lipinski definition) is 1. The maximum Gasteiger partial charge on any atom is 0.348 e. The second kappa shape index (κ2) is 5.21. The van der Waals surface area contributed by atoms with E-state index in [2.05, 4.69) is 0 Å². The number of hydrogen-bond acceptors (Lipinski definition) is 3. The van der Waals surface area contributed by atoms with Crippen LogP contribution >= 0.6 is 0 Å². The second-order valence-electron chi connectivity index (χ2n) is 5.17. The summed E-state index contributed by atoms with van der Waals surface area (Å²) in [7, 11) is 0. The molecule has 0 radical (unpaired) electrons. The standard InChI is InChI=1S/C15H20O4/c1-10-4-5-11(2)13(12(10)3)19-15(14(16)17)6-8-18-9-7-15/h4-5H,6-9H2,1-3H3,(H,16,17). The zero-order chi connectivity index (χ0) is 14.0. The molecule has 0 atom stereocenters. The lowest BCUT2D eigenvalue weighted by molar-refractivity contribution is -0.163. The minimum atomic E-state index is -1.15. The van der Waals surface area contributed by atoms with E-state index in [1.807, 2.05) is 32.9 Å². The van der Waals surface area contributed by atoms with Gasteiger partial charge in [-0.2, -0.15) is 0 Å². The molecular weight excluding hydrogens is 244 g/mol. The Morgan fingerprint density at radius 1 is 1.21 bits per heavy atom. The van der Waals surface area contributed by atoms with Crippen LogP contribution in [0.5, 0.6) is 5.75 Å². The van der Waals surface area contributed by atoms with Crippen molar-refractivity contribution in [1.29, 1.82) is 0 Å². The van der Waals surface area contributed by atoms with Gasteiger partial charge in [0.25, 0.3) is 0 Å². The van der Waals surface area contributed by atoms with Crippen molar-refractivity contribution in [2.24, 2.45) is 0 Å². The quantitative estimate of drug-likeness (QED) is 0.911. The van der Waals surface area contributed by atoms with E-state index >= 15 is 0 Å². The van der Waals surface area contributed by atoms with Crippen LogP contribution in [-0.4, -0.2) is 29.9 Å². The van der Waals surface area contributed by atoms with Crippen LogP contribution in [-0.2, 0) is 9.53 Å². The number of benzene rings is 1. The van der Waals surface area contributed by atoms with Gasteiger partial charge in [0.15, 0.2) is 0 Å². The van der Waals surface area contributed by atoms with Crippen LogP contribution in [0.3, 0.4) is 0 Å². The van der Waals surface area contributed by atoms with Gasteiger partial charge in [-0.1, -0.05) is 12.1 Å². The van der Waals surface area contributed by atoms with Gasteiger partial charge in [-0.15, -0.1) is 0 Å². The number of carbonyl (C=O) groups is 1. The zero-order valence-corrected chi connectivity index (χ0v) is 11.7. The maximum absolute atomic E-state index is 11.6. The van der Waals surface area contributed by atoms with Gasteiger partial charge in [0.05, 0.1) is 13.2 Å². The normalized spacial score (nSPS) is 18.1. The number of carboxylic acids is 1. The van der Waals surface area contributed by atoms with Crippen LogP contribution < -0.4 is 4.74 Å². The number of aryl methyl sites for hydroxylation is 2. The summed E-state index contributed by atoms with van der Waals surface area (Å²) in [6, 6.07) is 3.99. The SMILES string of the molecule is Cc1ccc(C)c(OC2(C(=O)O)CCOCC2)c1C. The van der Waals surface area contributed by atoms with Crippen molar-refractivity contribution in [3.05, 3.63) is 28.8 Å². The van der Waals surface area contributed by atoms with E-state index in [1.165, 1.54) is 0 Å². The minimum absolute atomic E-state index is 0.384. The van der Waals surface area contributed by atoms with Crippen molar-refractivity contribution >= 4 is 5.97 Å².